The van der Waals surface area contributed by atoms with Gasteiger partial charge in [-0.1, -0.05) is 24.3 Å². The molecule has 3 aromatic rings. The zero-order valence-corrected chi connectivity index (χ0v) is 14.8. The molecule has 0 spiro atoms. The predicted molar refractivity (Wildman–Crippen MR) is 98.4 cm³/mol. The number of benzene rings is 2. The van der Waals surface area contributed by atoms with Crippen LogP contribution in [-0.2, 0) is 16.1 Å². The third kappa shape index (κ3) is 4.08. The summed E-state index contributed by atoms with van der Waals surface area (Å²) >= 11 is 0. The summed E-state index contributed by atoms with van der Waals surface area (Å²) in [4.78, 5) is 28.7. The zero-order valence-electron chi connectivity index (χ0n) is 14.8. The molecule has 2 aromatic carbocycles. The second kappa shape index (κ2) is 7.82. The number of aryl methyl sites for hydroxylation is 2. The fourth-order valence-corrected chi connectivity index (χ4v) is 2.65. The van der Waals surface area contributed by atoms with E-state index in [9.17, 15) is 9.59 Å². The van der Waals surface area contributed by atoms with Gasteiger partial charge in [0.1, 0.15) is 25.5 Å². The van der Waals surface area contributed by atoms with Crippen molar-refractivity contribution in [1.29, 1.82) is 0 Å². The molecule has 6 nitrogen and oxygen atoms in total. The molecule has 6 heteroatoms. The summed E-state index contributed by atoms with van der Waals surface area (Å²) in [6.45, 7) is 4.05. The van der Waals surface area contributed by atoms with Crippen LogP contribution in [0.1, 0.15) is 11.1 Å². The van der Waals surface area contributed by atoms with E-state index in [1.54, 1.807) is 12.1 Å². The molecule has 0 saturated carbocycles. The molecule has 0 fully saturated rings. The molecule has 0 amide bonds. The minimum Gasteiger partial charge on any atom is -0.490 e. The van der Waals surface area contributed by atoms with E-state index in [2.05, 4.69) is 4.98 Å². The normalized spacial score (nSPS) is 10.7. The van der Waals surface area contributed by atoms with Crippen molar-refractivity contribution in [3.63, 3.8) is 0 Å². The molecule has 0 atom stereocenters. The summed E-state index contributed by atoms with van der Waals surface area (Å²) in [7, 11) is 0. The molecule has 26 heavy (non-hydrogen) atoms. The lowest BCUT2D eigenvalue weighted by Crippen LogP contribution is -2.26. The number of ether oxygens (including phenoxy) is 2. The molecular formula is C20H20N2O4. The van der Waals surface area contributed by atoms with Crippen LogP contribution in [0.25, 0.3) is 10.9 Å². The molecule has 1 heterocycles. The van der Waals surface area contributed by atoms with E-state index in [1.165, 1.54) is 10.9 Å². The molecule has 0 aliphatic rings. The number of carbonyl (C=O) groups is 1. The number of nitrogens with zero attached hydrogens (tertiary/aromatic N) is 2. The molecule has 1 aromatic heterocycles. The first-order valence-corrected chi connectivity index (χ1v) is 8.34. The van der Waals surface area contributed by atoms with Gasteiger partial charge >= 0.3 is 5.97 Å². The summed E-state index contributed by atoms with van der Waals surface area (Å²) in [5.41, 5.74) is 2.40. The van der Waals surface area contributed by atoms with Gasteiger partial charge in [-0.25, -0.2) is 4.98 Å². The van der Waals surface area contributed by atoms with Crippen LogP contribution in [0.4, 0.5) is 0 Å². The first-order valence-electron chi connectivity index (χ1n) is 8.34. The molecule has 0 aliphatic heterocycles. The van der Waals surface area contributed by atoms with Crippen molar-refractivity contribution in [3.05, 3.63) is 70.3 Å². The molecular weight excluding hydrogens is 332 g/mol. The quantitative estimate of drug-likeness (QED) is 0.504. The Hall–Kier alpha value is -3.15. The molecule has 0 aliphatic carbocycles. The van der Waals surface area contributed by atoms with Crippen LogP contribution < -0.4 is 10.3 Å². The molecule has 3 rings (SSSR count). The standard InChI is InChI=1S/C20H20N2O4/c1-14-5-3-7-16(11-14)25-9-10-26-18(23)12-22-13-21-19-15(2)6-4-8-17(19)20(22)24/h3-8,11,13H,9-10,12H2,1-2H3. The fourth-order valence-electron chi connectivity index (χ4n) is 2.65. The zero-order chi connectivity index (χ0) is 18.5. The van der Waals surface area contributed by atoms with Gasteiger partial charge in [0.25, 0.3) is 5.56 Å². The highest BCUT2D eigenvalue weighted by atomic mass is 16.6. The Morgan fingerprint density at radius 1 is 1.12 bits per heavy atom. The highest BCUT2D eigenvalue weighted by molar-refractivity contribution is 5.80. The van der Waals surface area contributed by atoms with E-state index < -0.39 is 5.97 Å². The maximum absolute atomic E-state index is 12.5. The van der Waals surface area contributed by atoms with Gasteiger partial charge in [-0.15, -0.1) is 0 Å². The first kappa shape index (κ1) is 17.7. The average Bonchev–Trinajstić information content (AvgIpc) is 2.62. The Morgan fingerprint density at radius 2 is 1.92 bits per heavy atom. The average molecular weight is 352 g/mol. The Bertz CT molecular complexity index is 995. The van der Waals surface area contributed by atoms with Crippen LogP contribution in [0.3, 0.4) is 0 Å². The lowest BCUT2D eigenvalue weighted by Gasteiger charge is -2.09. The smallest absolute Gasteiger partial charge is 0.326 e. The number of aromatic nitrogens is 2. The van der Waals surface area contributed by atoms with Crippen molar-refractivity contribution in [1.82, 2.24) is 9.55 Å². The van der Waals surface area contributed by atoms with E-state index in [4.69, 9.17) is 9.47 Å². The van der Waals surface area contributed by atoms with Crippen molar-refractivity contribution < 1.29 is 14.3 Å². The number of fused-ring (bicyclic) bond motifs is 1. The largest absolute Gasteiger partial charge is 0.490 e. The maximum Gasteiger partial charge on any atom is 0.326 e. The first-order chi connectivity index (χ1) is 12.5. The lowest BCUT2D eigenvalue weighted by atomic mass is 10.1. The Balaban J connectivity index is 1.56. The lowest BCUT2D eigenvalue weighted by molar-refractivity contribution is -0.145. The minimum atomic E-state index is -0.506. The van der Waals surface area contributed by atoms with Crippen LogP contribution in [0.5, 0.6) is 5.75 Å². The number of hydrogen-bond donors (Lipinski definition) is 0. The topological polar surface area (TPSA) is 70.4 Å². The summed E-state index contributed by atoms with van der Waals surface area (Å²) < 4.78 is 11.9. The van der Waals surface area contributed by atoms with E-state index in [0.29, 0.717) is 10.9 Å². The molecule has 0 saturated heterocycles. The molecule has 0 unspecified atom stereocenters. The second-order valence-corrected chi connectivity index (χ2v) is 6.03. The van der Waals surface area contributed by atoms with Crippen LogP contribution >= 0.6 is 0 Å². The van der Waals surface area contributed by atoms with Gasteiger partial charge in [-0.05, 0) is 43.2 Å². The molecule has 0 N–H and O–H groups in total. The number of para-hydroxylation sites is 1. The number of hydrogen-bond acceptors (Lipinski definition) is 5. The Morgan fingerprint density at radius 3 is 2.73 bits per heavy atom. The Kier molecular flexibility index (Phi) is 5.31. The van der Waals surface area contributed by atoms with Crippen LogP contribution in [-0.4, -0.2) is 28.7 Å². The maximum atomic E-state index is 12.5. The van der Waals surface area contributed by atoms with Gasteiger partial charge in [0, 0.05) is 0 Å². The van der Waals surface area contributed by atoms with E-state index in [0.717, 1.165) is 16.9 Å². The Labute approximate surface area is 151 Å². The van der Waals surface area contributed by atoms with Gasteiger partial charge < -0.3 is 9.47 Å². The van der Waals surface area contributed by atoms with E-state index in [1.807, 2.05) is 44.2 Å². The van der Waals surface area contributed by atoms with Crippen molar-refractivity contribution in [2.24, 2.45) is 0 Å². The van der Waals surface area contributed by atoms with Gasteiger partial charge in [0.2, 0.25) is 0 Å². The van der Waals surface area contributed by atoms with Crippen LogP contribution in [0.2, 0.25) is 0 Å². The van der Waals surface area contributed by atoms with Gasteiger partial charge in [-0.2, -0.15) is 0 Å². The molecule has 134 valence electrons. The summed E-state index contributed by atoms with van der Waals surface area (Å²) in [5.74, 6) is 0.222. The summed E-state index contributed by atoms with van der Waals surface area (Å²) in [5, 5.41) is 0.489. The predicted octanol–water partition coefficient (Wildman–Crippen LogP) is 2.64. The van der Waals surface area contributed by atoms with Crippen molar-refractivity contribution >= 4 is 16.9 Å². The molecule has 0 radical (unpaired) electrons. The van der Waals surface area contributed by atoms with Gasteiger partial charge in [-0.3, -0.25) is 14.2 Å². The highest BCUT2D eigenvalue weighted by Crippen LogP contribution is 2.12. The third-order valence-electron chi connectivity index (χ3n) is 3.96. The van der Waals surface area contributed by atoms with Crippen molar-refractivity contribution in [3.8, 4) is 5.75 Å². The van der Waals surface area contributed by atoms with Crippen LogP contribution in [0, 0.1) is 13.8 Å². The summed E-state index contributed by atoms with van der Waals surface area (Å²) in [6.07, 6.45) is 1.38. The van der Waals surface area contributed by atoms with E-state index in [-0.39, 0.29) is 25.3 Å². The fraction of sp³-hybridized carbons (Fsp3) is 0.250. The number of carbonyl (C=O) groups excluding carboxylic acids is 1. The monoisotopic (exact) mass is 352 g/mol. The van der Waals surface area contributed by atoms with Crippen LogP contribution in [0.15, 0.2) is 53.6 Å². The van der Waals surface area contributed by atoms with Gasteiger partial charge in [0.15, 0.2) is 0 Å². The third-order valence-corrected chi connectivity index (χ3v) is 3.96. The number of rotatable bonds is 6. The highest BCUT2D eigenvalue weighted by Gasteiger charge is 2.10. The second-order valence-electron chi connectivity index (χ2n) is 6.03. The van der Waals surface area contributed by atoms with E-state index >= 15 is 0 Å². The number of esters is 1. The van der Waals surface area contributed by atoms with Gasteiger partial charge in [0.05, 0.1) is 17.2 Å². The molecule has 0 bridgehead atoms. The van der Waals surface area contributed by atoms with Crippen molar-refractivity contribution in [2.75, 3.05) is 13.2 Å². The minimum absolute atomic E-state index is 0.113. The van der Waals surface area contributed by atoms with Crippen molar-refractivity contribution in [2.45, 2.75) is 20.4 Å². The summed E-state index contributed by atoms with van der Waals surface area (Å²) in [6, 6.07) is 13.0. The SMILES string of the molecule is Cc1cccc(OCCOC(=O)Cn2cnc3c(C)cccc3c2=O)c1.